The SMILES string of the molecule is CCc1ccc(C(=O)COC(=O)COc2ccccc2C(N)=O)cc1. The van der Waals surface area contributed by atoms with Crippen molar-refractivity contribution in [2.75, 3.05) is 13.2 Å². The number of para-hydroxylation sites is 1. The molecule has 2 aromatic carbocycles. The molecule has 0 unspecified atom stereocenters. The van der Waals surface area contributed by atoms with Crippen molar-refractivity contribution < 1.29 is 23.9 Å². The third kappa shape index (κ3) is 5.17. The molecule has 0 saturated carbocycles. The standard InChI is InChI=1S/C19H19NO5/c1-2-13-7-9-14(10-8-13)16(21)11-25-18(22)12-24-17-6-4-3-5-15(17)19(20)23/h3-10H,2,11-12H2,1H3,(H2,20,23). The zero-order valence-electron chi connectivity index (χ0n) is 13.9. The number of aryl methyl sites for hydroxylation is 1. The number of carbonyl (C=O) groups excluding carboxylic acids is 3. The summed E-state index contributed by atoms with van der Waals surface area (Å²) in [6, 6.07) is 13.4. The third-order valence-electron chi connectivity index (χ3n) is 3.55. The molecule has 0 bridgehead atoms. The average Bonchev–Trinajstić information content (AvgIpc) is 2.64. The monoisotopic (exact) mass is 341 g/mol. The molecule has 0 fully saturated rings. The summed E-state index contributed by atoms with van der Waals surface area (Å²) in [7, 11) is 0. The van der Waals surface area contributed by atoms with E-state index >= 15 is 0 Å². The van der Waals surface area contributed by atoms with Gasteiger partial charge in [-0.15, -0.1) is 0 Å². The molecule has 0 radical (unpaired) electrons. The molecule has 6 nitrogen and oxygen atoms in total. The molecule has 0 spiro atoms. The Morgan fingerprint density at radius 2 is 1.64 bits per heavy atom. The van der Waals surface area contributed by atoms with E-state index in [-0.39, 0.29) is 23.7 Å². The largest absolute Gasteiger partial charge is 0.481 e. The molecule has 1 amide bonds. The van der Waals surface area contributed by atoms with E-state index in [1.165, 1.54) is 12.1 Å². The van der Waals surface area contributed by atoms with Crippen molar-refractivity contribution in [2.45, 2.75) is 13.3 Å². The van der Waals surface area contributed by atoms with Gasteiger partial charge >= 0.3 is 5.97 Å². The first-order valence-electron chi connectivity index (χ1n) is 7.80. The van der Waals surface area contributed by atoms with Crippen LogP contribution >= 0.6 is 0 Å². The van der Waals surface area contributed by atoms with Crippen LogP contribution in [-0.4, -0.2) is 30.9 Å². The maximum Gasteiger partial charge on any atom is 0.344 e. The third-order valence-corrected chi connectivity index (χ3v) is 3.55. The molecule has 0 aliphatic heterocycles. The molecule has 25 heavy (non-hydrogen) atoms. The van der Waals surface area contributed by atoms with Crippen LogP contribution < -0.4 is 10.5 Å². The quantitative estimate of drug-likeness (QED) is 0.586. The lowest BCUT2D eigenvalue weighted by molar-refractivity contribution is -0.144. The summed E-state index contributed by atoms with van der Waals surface area (Å²) in [5.41, 5.74) is 6.99. The normalized spacial score (nSPS) is 10.1. The minimum Gasteiger partial charge on any atom is -0.481 e. The van der Waals surface area contributed by atoms with E-state index in [4.69, 9.17) is 15.2 Å². The summed E-state index contributed by atoms with van der Waals surface area (Å²) in [6.07, 6.45) is 0.883. The minimum atomic E-state index is -0.710. The Bertz CT molecular complexity index is 768. The van der Waals surface area contributed by atoms with Crippen LogP contribution in [0.2, 0.25) is 0 Å². The molecule has 130 valence electrons. The van der Waals surface area contributed by atoms with E-state index in [1.54, 1.807) is 24.3 Å². The van der Waals surface area contributed by atoms with Crippen LogP contribution in [0.5, 0.6) is 5.75 Å². The van der Waals surface area contributed by atoms with Crippen LogP contribution in [0.1, 0.15) is 33.2 Å². The van der Waals surface area contributed by atoms with Gasteiger partial charge in [0.1, 0.15) is 5.75 Å². The summed E-state index contributed by atoms with van der Waals surface area (Å²) in [6.45, 7) is 1.23. The highest BCUT2D eigenvalue weighted by Gasteiger charge is 2.13. The number of ether oxygens (including phenoxy) is 2. The van der Waals surface area contributed by atoms with Gasteiger partial charge in [-0.1, -0.05) is 43.3 Å². The Morgan fingerprint density at radius 1 is 0.960 bits per heavy atom. The topological polar surface area (TPSA) is 95.7 Å². The van der Waals surface area contributed by atoms with Crippen molar-refractivity contribution in [3.63, 3.8) is 0 Å². The lowest BCUT2D eigenvalue weighted by Gasteiger charge is -2.09. The molecule has 0 heterocycles. The number of ketones is 1. The molecule has 0 aromatic heterocycles. The van der Waals surface area contributed by atoms with Crippen LogP contribution in [0, 0.1) is 0 Å². The predicted molar refractivity (Wildman–Crippen MR) is 91.6 cm³/mol. The summed E-state index contributed by atoms with van der Waals surface area (Å²) in [5, 5.41) is 0. The Balaban J connectivity index is 1.84. The van der Waals surface area contributed by atoms with Crippen molar-refractivity contribution in [3.05, 3.63) is 65.2 Å². The highest BCUT2D eigenvalue weighted by Crippen LogP contribution is 2.17. The second-order valence-electron chi connectivity index (χ2n) is 5.28. The average molecular weight is 341 g/mol. The molecule has 2 N–H and O–H groups in total. The van der Waals surface area contributed by atoms with Crippen molar-refractivity contribution >= 4 is 17.7 Å². The Morgan fingerprint density at radius 3 is 2.28 bits per heavy atom. The number of amides is 1. The van der Waals surface area contributed by atoms with Gasteiger partial charge in [0.05, 0.1) is 5.56 Å². The lowest BCUT2D eigenvalue weighted by Crippen LogP contribution is -2.21. The van der Waals surface area contributed by atoms with Gasteiger partial charge in [0.2, 0.25) is 0 Å². The number of hydrogen-bond acceptors (Lipinski definition) is 5. The zero-order chi connectivity index (χ0) is 18.2. The van der Waals surface area contributed by atoms with E-state index < -0.39 is 18.5 Å². The molecular formula is C19H19NO5. The molecule has 0 aliphatic carbocycles. The lowest BCUT2D eigenvalue weighted by atomic mass is 10.1. The van der Waals surface area contributed by atoms with Gasteiger partial charge in [-0.2, -0.15) is 0 Å². The van der Waals surface area contributed by atoms with E-state index in [9.17, 15) is 14.4 Å². The number of hydrogen-bond donors (Lipinski definition) is 1. The van der Waals surface area contributed by atoms with Crippen LogP contribution in [0.25, 0.3) is 0 Å². The molecule has 0 aliphatic rings. The van der Waals surface area contributed by atoms with E-state index in [0.717, 1.165) is 12.0 Å². The summed E-state index contributed by atoms with van der Waals surface area (Å²) in [4.78, 5) is 35.0. The fourth-order valence-corrected chi connectivity index (χ4v) is 2.13. The number of nitrogens with two attached hydrogens (primary N) is 1. The van der Waals surface area contributed by atoms with Crippen molar-refractivity contribution in [2.24, 2.45) is 5.73 Å². The maximum atomic E-state index is 12.0. The smallest absolute Gasteiger partial charge is 0.344 e. The zero-order valence-corrected chi connectivity index (χ0v) is 13.9. The maximum absolute atomic E-state index is 12.0. The van der Waals surface area contributed by atoms with Crippen LogP contribution in [0.15, 0.2) is 48.5 Å². The van der Waals surface area contributed by atoms with Gasteiger partial charge in [0.15, 0.2) is 19.0 Å². The predicted octanol–water partition coefficient (Wildman–Crippen LogP) is 2.15. The van der Waals surface area contributed by atoms with Crippen LogP contribution in [0.3, 0.4) is 0 Å². The van der Waals surface area contributed by atoms with Gasteiger partial charge in [-0.05, 0) is 24.1 Å². The second kappa shape index (κ2) is 8.63. The first-order chi connectivity index (χ1) is 12.0. The highest BCUT2D eigenvalue weighted by atomic mass is 16.6. The van der Waals surface area contributed by atoms with Gasteiger partial charge in [0.25, 0.3) is 5.91 Å². The Labute approximate surface area is 145 Å². The summed E-state index contributed by atoms with van der Waals surface area (Å²) >= 11 is 0. The number of Topliss-reactive ketones (excluding diaryl/α,β-unsaturated/α-hetero) is 1. The van der Waals surface area contributed by atoms with Gasteiger partial charge < -0.3 is 15.2 Å². The second-order valence-corrected chi connectivity index (χ2v) is 5.28. The first-order valence-corrected chi connectivity index (χ1v) is 7.80. The molecular weight excluding hydrogens is 322 g/mol. The Hall–Kier alpha value is -3.15. The van der Waals surface area contributed by atoms with Crippen molar-refractivity contribution in [1.82, 2.24) is 0 Å². The van der Waals surface area contributed by atoms with E-state index in [0.29, 0.717) is 5.56 Å². The fraction of sp³-hybridized carbons (Fsp3) is 0.211. The van der Waals surface area contributed by atoms with Crippen LogP contribution in [-0.2, 0) is 16.0 Å². The van der Waals surface area contributed by atoms with Gasteiger partial charge in [-0.25, -0.2) is 4.79 Å². The summed E-state index contributed by atoms with van der Waals surface area (Å²) < 4.78 is 10.1. The minimum absolute atomic E-state index is 0.169. The Kier molecular flexibility index (Phi) is 6.28. The molecule has 2 aromatic rings. The van der Waals surface area contributed by atoms with Crippen molar-refractivity contribution in [1.29, 1.82) is 0 Å². The number of benzene rings is 2. The van der Waals surface area contributed by atoms with E-state index in [1.807, 2.05) is 19.1 Å². The first kappa shape index (κ1) is 18.2. The molecule has 0 atom stereocenters. The summed E-state index contributed by atoms with van der Waals surface area (Å²) in [5.74, 6) is -1.48. The molecule has 0 saturated heterocycles. The number of rotatable bonds is 8. The van der Waals surface area contributed by atoms with Gasteiger partial charge in [-0.3, -0.25) is 9.59 Å². The molecule has 2 rings (SSSR count). The number of esters is 1. The molecule has 6 heteroatoms. The van der Waals surface area contributed by atoms with Crippen molar-refractivity contribution in [3.8, 4) is 5.75 Å². The van der Waals surface area contributed by atoms with Gasteiger partial charge in [0, 0.05) is 5.56 Å². The van der Waals surface area contributed by atoms with Crippen LogP contribution in [0.4, 0.5) is 0 Å². The van der Waals surface area contributed by atoms with E-state index in [2.05, 4.69) is 0 Å². The highest BCUT2D eigenvalue weighted by molar-refractivity contribution is 5.98. The number of carbonyl (C=O) groups is 3. The number of primary amides is 1. The fourth-order valence-electron chi connectivity index (χ4n) is 2.13.